The molecule has 0 saturated carbocycles. The predicted octanol–water partition coefficient (Wildman–Crippen LogP) is 4.55. The van der Waals surface area contributed by atoms with Gasteiger partial charge in [-0.1, -0.05) is 12.1 Å². The van der Waals surface area contributed by atoms with Crippen molar-refractivity contribution in [1.29, 1.82) is 0 Å². The Labute approximate surface area is 194 Å². The van der Waals surface area contributed by atoms with Crippen LogP contribution in [0.3, 0.4) is 0 Å². The molecule has 0 unspecified atom stereocenters. The van der Waals surface area contributed by atoms with Crippen molar-refractivity contribution in [3.63, 3.8) is 0 Å². The van der Waals surface area contributed by atoms with Crippen molar-refractivity contribution in [2.75, 3.05) is 33.3 Å². The second kappa shape index (κ2) is 9.51. The van der Waals surface area contributed by atoms with Gasteiger partial charge in [0.05, 0.1) is 24.9 Å². The highest BCUT2D eigenvalue weighted by atomic mass is 16.5. The molecular weight excluding hydrogens is 416 g/mol. The fraction of sp³-hybridized carbons (Fsp3) is 0.500. The van der Waals surface area contributed by atoms with E-state index in [4.69, 9.17) is 14.1 Å². The van der Waals surface area contributed by atoms with Crippen molar-refractivity contribution in [1.82, 2.24) is 19.8 Å². The van der Waals surface area contributed by atoms with Crippen LogP contribution in [0.15, 0.2) is 34.9 Å². The predicted molar refractivity (Wildman–Crippen MR) is 127 cm³/mol. The largest absolute Gasteiger partial charge is 0.493 e. The molecule has 0 N–H and O–H groups in total. The highest BCUT2D eigenvalue weighted by molar-refractivity contribution is 5.95. The first-order valence-electron chi connectivity index (χ1n) is 12.0. The molecule has 0 bridgehead atoms. The molecule has 3 aromatic rings. The van der Waals surface area contributed by atoms with Gasteiger partial charge in [-0.15, -0.1) is 0 Å². The Balaban J connectivity index is 1.28. The molecule has 2 aromatic heterocycles. The maximum absolute atomic E-state index is 12.9. The van der Waals surface area contributed by atoms with Crippen molar-refractivity contribution in [2.45, 2.75) is 51.5 Å². The zero-order valence-corrected chi connectivity index (χ0v) is 19.5. The summed E-state index contributed by atoms with van der Waals surface area (Å²) in [5.74, 6) is 2.88. The fourth-order valence-electron chi connectivity index (χ4n) is 5.12. The third kappa shape index (κ3) is 4.60. The van der Waals surface area contributed by atoms with Crippen LogP contribution >= 0.6 is 0 Å². The molecule has 5 rings (SSSR count). The van der Waals surface area contributed by atoms with Crippen molar-refractivity contribution in [2.24, 2.45) is 0 Å². The first-order chi connectivity index (χ1) is 16.1. The number of furan rings is 1. The minimum Gasteiger partial charge on any atom is -0.493 e. The van der Waals surface area contributed by atoms with Crippen LogP contribution in [0.2, 0.25) is 0 Å². The lowest BCUT2D eigenvalue weighted by Crippen LogP contribution is -2.36. The van der Waals surface area contributed by atoms with E-state index in [1.54, 1.807) is 13.3 Å². The second-order valence-electron chi connectivity index (χ2n) is 9.25. The maximum atomic E-state index is 12.9. The van der Waals surface area contributed by atoms with Gasteiger partial charge in [0.25, 0.3) is 5.91 Å². The van der Waals surface area contributed by atoms with E-state index in [1.807, 2.05) is 30.0 Å². The number of carbonyl (C=O) groups excluding carboxylic acids is 1. The van der Waals surface area contributed by atoms with E-state index in [1.165, 1.54) is 6.42 Å². The Hall–Kier alpha value is -2.93. The summed E-state index contributed by atoms with van der Waals surface area (Å²) in [7, 11) is 1.67. The average Bonchev–Trinajstić information content (AvgIpc) is 3.27. The molecule has 1 atom stereocenters. The number of amides is 1. The maximum Gasteiger partial charge on any atom is 0.257 e. The van der Waals surface area contributed by atoms with Gasteiger partial charge in [0.1, 0.15) is 11.6 Å². The molecule has 7 nitrogen and oxygen atoms in total. The number of fused-ring (bicyclic) bond motifs is 1. The van der Waals surface area contributed by atoms with E-state index in [2.05, 4.69) is 16.0 Å². The number of hydrogen-bond acceptors (Lipinski definition) is 6. The van der Waals surface area contributed by atoms with Crippen molar-refractivity contribution in [3.05, 3.63) is 53.3 Å². The second-order valence-corrected chi connectivity index (χ2v) is 9.25. The molecule has 7 heteroatoms. The molecule has 0 spiro atoms. The molecule has 2 aliphatic rings. The number of para-hydroxylation sites is 1. The number of aromatic nitrogens is 2. The van der Waals surface area contributed by atoms with Gasteiger partial charge in [0, 0.05) is 37.1 Å². The molecule has 0 aliphatic carbocycles. The SMILES string of the molecule is COc1cccc2cc(CN3CCC[C@H](c4ncc(C(=O)N5CCCCC5)c(C)n4)C3)oc12. The number of ether oxygens (including phenoxy) is 1. The lowest BCUT2D eigenvalue weighted by Gasteiger charge is -2.31. The van der Waals surface area contributed by atoms with Gasteiger partial charge >= 0.3 is 0 Å². The molecule has 2 saturated heterocycles. The Morgan fingerprint density at radius 1 is 1.18 bits per heavy atom. The first kappa shape index (κ1) is 21.9. The molecule has 2 aliphatic heterocycles. The van der Waals surface area contributed by atoms with Crippen LogP contribution in [-0.2, 0) is 6.54 Å². The molecule has 1 amide bonds. The Kier molecular flexibility index (Phi) is 6.31. The van der Waals surface area contributed by atoms with Crippen LogP contribution < -0.4 is 4.74 Å². The van der Waals surface area contributed by atoms with Crippen LogP contribution in [-0.4, -0.2) is 59.0 Å². The van der Waals surface area contributed by atoms with Gasteiger partial charge in [-0.3, -0.25) is 9.69 Å². The highest BCUT2D eigenvalue weighted by Gasteiger charge is 2.26. The van der Waals surface area contributed by atoms with E-state index in [-0.39, 0.29) is 11.8 Å². The van der Waals surface area contributed by atoms with Crippen LogP contribution in [0.4, 0.5) is 0 Å². The molecular formula is C26H32N4O3. The molecule has 0 radical (unpaired) electrons. The van der Waals surface area contributed by atoms with Crippen LogP contribution in [0.25, 0.3) is 11.0 Å². The number of benzene rings is 1. The van der Waals surface area contributed by atoms with Crippen LogP contribution in [0.1, 0.15) is 65.7 Å². The minimum atomic E-state index is 0.0735. The molecule has 33 heavy (non-hydrogen) atoms. The smallest absolute Gasteiger partial charge is 0.257 e. The van der Waals surface area contributed by atoms with E-state index in [0.717, 1.165) is 92.4 Å². The highest BCUT2D eigenvalue weighted by Crippen LogP contribution is 2.31. The van der Waals surface area contributed by atoms with Gasteiger partial charge in [0.2, 0.25) is 0 Å². The normalized spacial score (nSPS) is 19.7. The lowest BCUT2D eigenvalue weighted by molar-refractivity contribution is 0.0722. The summed E-state index contributed by atoms with van der Waals surface area (Å²) < 4.78 is 11.5. The zero-order chi connectivity index (χ0) is 22.8. The van der Waals surface area contributed by atoms with Crippen LogP contribution in [0.5, 0.6) is 5.75 Å². The summed E-state index contributed by atoms with van der Waals surface area (Å²) >= 11 is 0. The molecule has 4 heterocycles. The first-order valence-corrected chi connectivity index (χ1v) is 12.0. The van der Waals surface area contributed by atoms with E-state index >= 15 is 0 Å². The van der Waals surface area contributed by atoms with E-state index in [9.17, 15) is 4.79 Å². The summed E-state index contributed by atoms with van der Waals surface area (Å²) in [6.45, 7) is 6.27. The third-order valence-electron chi connectivity index (χ3n) is 6.90. The van der Waals surface area contributed by atoms with Crippen molar-refractivity contribution >= 4 is 16.9 Å². The molecule has 1 aromatic carbocycles. The Morgan fingerprint density at radius 2 is 2.03 bits per heavy atom. The topological polar surface area (TPSA) is 71.7 Å². The Morgan fingerprint density at radius 3 is 2.82 bits per heavy atom. The number of aryl methyl sites for hydroxylation is 1. The van der Waals surface area contributed by atoms with Gasteiger partial charge in [0.15, 0.2) is 11.3 Å². The van der Waals surface area contributed by atoms with Gasteiger partial charge in [-0.05, 0) is 57.7 Å². The lowest BCUT2D eigenvalue weighted by atomic mass is 9.96. The monoisotopic (exact) mass is 448 g/mol. The number of methoxy groups -OCH3 is 1. The number of likely N-dealkylation sites (tertiary alicyclic amines) is 2. The summed E-state index contributed by atoms with van der Waals surface area (Å²) in [5.41, 5.74) is 2.23. The standard InChI is InChI=1S/C26H32N4O3/c1-18-22(26(31)30-12-4-3-5-13-30)15-27-25(28-18)20-9-7-11-29(16-20)17-21-14-19-8-6-10-23(32-2)24(19)33-21/h6,8,10,14-15,20H,3-5,7,9,11-13,16-17H2,1-2H3/t20-/m0/s1. The van der Waals surface area contributed by atoms with Gasteiger partial charge in [-0.25, -0.2) is 9.97 Å². The average molecular weight is 449 g/mol. The number of piperidine rings is 2. The quantitative estimate of drug-likeness (QED) is 0.570. The summed E-state index contributed by atoms with van der Waals surface area (Å²) in [5, 5.41) is 1.06. The van der Waals surface area contributed by atoms with Crippen LogP contribution in [0, 0.1) is 6.92 Å². The van der Waals surface area contributed by atoms with E-state index < -0.39 is 0 Å². The zero-order valence-electron chi connectivity index (χ0n) is 19.5. The fourth-order valence-corrected chi connectivity index (χ4v) is 5.12. The number of nitrogens with zero attached hydrogens (tertiary/aromatic N) is 4. The Bertz CT molecular complexity index is 1140. The van der Waals surface area contributed by atoms with Crippen molar-refractivity contribution < 1.29 is 13.9 Å². The van der Waals surface area contributed by atoms with Gasteiger partial charge in [-0.2, -0.15) is 0 Å². The number of hydrogen-bond donors (Lipinski definition) is 0. The van der Waals surface area contributed by atoms with E-state index in [0.29, 0.717) is 5.56 Å². The minimum absolute atomic E-state index is 0.0735. The number of carbonyl (C=O) groups is 1. The molecule has 174 valence electrons. The summed E-state index contributed by atoms with van der Waals surface area (Å²) in [6.07, 6.45) is 7.27. The third-order valence-corrected chi connectivity index (χ3v) is 6.90. The molecule has 2 fully saturated rings. The van der Waals surface area contributed by atoms with Gasteiger partial charge < -0.3 is 14.1 Å². The summed E-state index contributed by atoms with van der Waals surface area (Å²) in [6, 6.07) is 8.05. The number of rotatable bonds is 5. The summed E-state index contributed by atoms with van der Waals surface area (Å²) in [4.78, 5) is 26.7. The van der Waals surface area contributed by atoms with Crippen molar-refractivity contribution in [3.8, 4) is 5.75 Å².